The van der Waals surface area contributed by atoms with Crippen molar-refractivity contribution in [2.75, 3.05) is 5.32 Å². The Morgan fingerprint density at radius 3 is 2.42 bits per heavy atom. The van der Waals surface area contributed by atoms with Gasteiger partial charge in [0, 0.05) is 17.3 Å². The molecule has 1 amide bonds. The van der Waals surface area contributed by atoms with E-state index in [4.69, 9.17) is 4.74 Å². The lowest BCUT2D eigenvalue weighted by Crippen LogP contribution is -2.11. The molecule has 0 radical (unpaired) electrons. The van der Waals surface area contributed by atoms with Gasteiger partial charge in [-0.25, -0.2) is 0 Å². The van der Waals surface area contributed by atoms with Crippen molar-refractivity contribution in [2.24, 2.45) is 0 Å². The van der Waals surface area contributed by atoms with Gasteiger partial charge in [0.25, 0.3) is 5.91 Å². The number of carbonyl (C=O) groups excluding carboxylic acids is 1. The summed E-state index contributed by atoms with van der Waals surface area (Å²) >= 11 is 0. The first kappa shape index (κ1) is 15.7. The zero-order valence-electron chi connectivity index (χ0n) is 13.5. The molecule has 0 aliphatic carbocycles. The molecule has 1 heterocycles. The van der Waals surface area contributed by atoms with Crippen molar-refractivity contribution in [3.63, 3.8) is 0 Å². The van der Waals surface area contributed by atoms with Crippen LogP contribution in [0.1, 0.15) is 21.6 Å². The number of ether oxygens (including phenoxy) is 1. The van der Waals surface area contributed by atoms with Crippen molar-refractivity contribution >= 4 is 11.6 Å². The Kier molecular flexibility index (Phi) is 4.52. The molecule has 0 bridgehead atoms. The lowest BCUT2D eigenvalue weighted by Gasteiger charge is -2.08. The maximum Gasteiger partial charge on any atom is 0.255 e. The summed E-state index contributed by atoms with van der Waals surface area (Å²) in [5.41, 5.74) is 3.20. The smallest absolute Gasteiger partial charge is 0.255 e. The molecule has 0 saturated carbocycles. The summed E-state index contributed by atoms with van der Waals surface area (Å²) in [5, 5.41) is 10.8. The van der Waals surface area contributed by atoms with Crippen molar-refractivity contribution < 1.29 is 9.53 Å². The fraction of sp³-hybridized carbons (Fsp3) is 0.105. The van der Waals surface area contributed by atoms with Crippen LogP contribution in [0.5, 0.6) is 11.6 Å². The maximum absolute atomic E-state index is 12.2. The van der Waals surface area contributed by atoms with Crippen LogP contribution in [0.15, 0.2) is 60.7 Å². The van der Waals surface area contributed by atoms with Crippen LogP contribution in [0.2, 0.25) is 0 Å². The molecule has 0 aliphatic rings. The highest BCUT2D eigenvalue weighted by molar-refractivity contribution is 6.04. The van der Waals surface area contributed by atoms with Gasteiger partial charge < -0.3 is 10.1 Å². The summed E-state index contributed by atoms with van der Waals surface area (Å²) < 4.78 is 5.61. The molecule has 24 heavy (non-hydrogen) atoms. The van der Waals surface area contributed by atoms with Crippen molar-refractivity contribution in [3.8, 4) is 11.6 Å². The molecule has 120 valence electrons. The molecule has 0 aliphatic heterocycles. The summed E-state index contributed by atoms with van der Waals surface area (Å²) in [7, 11) is 0. The van der Waals surface area contributed by atoms with Crippen LogP contribution in [0.4, 0.5) is 5.69 Å². The van der Waals surface area contributed by atoms with Crippen LogP contribution in [0, 0.1) is 13.8 Å². The molecule has 5 heteroatoms. The molecule has 3 rings (SSSR count). The predicted molar refractivity (Wildman–Crippen MR) is 92.4 cm³/mol. The number of aryl methyl sites for hydroxylation is 2. The summed E-state index contributed by atoms with van der Waals surface area (Å²) in [6.07, 6.45) is 0. The van der Waals surface area contributed by atoms with E-state index in [1.807, 2.05) is 38.1 Å². The van der Waals surface area contributed by atoms with Gasteiger partial charge in [0.05, 0.1) is 5.69 Å². The Labute approximate surface area is 140 Å². The van der Waals surface area contributed by atoms with E-state index in [-0.39, 0.29) is 5.91 Å². The highest BCUT2D eigenvalue weighted by Crippen LogP contribution is 2.21. The van der Waals surface area contributed by atoms with Gasteiger partial charge in [-0.15, -0.1) is 5.10 Å². The van der Waals surface area contributed by atoms with E-state index in [2.05, 4.69) is 15.5 Å². The van der Waals surface area contributed by atoms with E-state index < -0.39 is 0 Å². The van der Waals surface area contributed by atoms with Crippen molar-refractivity contribution in [1.29, 1.82) is 0 Å². The molecule has 1 N–H and O–H groups in total. The number of nitrogens with one attached hydrogen (secondary N) is 1. The fourth-order valence-electron chi connectivity index (χ4n) is 2.16. The quantitative estimate of drug-likeness (QED) is 0.785. The molecule has 0 spiro atoms. The lowest BCUT2D eigenvalue weighted by atomic mass is 10.1. The molecule has 0 saturated heterocycles. The number of amides is 1. The second-order valence-electron chi connectivity index (χ2n) is 5.46. The van der Waals surface area contributed by atoms with Crippen LogP contribution < -0.4 is 10.1 Å². The first-order chi connectivity index (χ1) is 11.6. The molecule has 2 aromatic carbocycles. The average Bonchev–Trinajstić information content (AvgIpc) is 2.59. The fourth-order valence-corrected chi connectivity index (χ4v) is 2.16. The number of carbonyl (C=O) groups is 1. The zero-order chi connectivity index (χ0) is 16.9. The van der Waals surface area contributed by atoms with Crippen molar-refractivity contribution in [3.05, 3.63) is 77.5 Å². The minimum absolute atomic E-state index is 0.142. The van der Waals surface area contributed by atoms with E-state index in [1.54, 1.807) is 36.4 Å². The molecule has 1 aromatic heterocycles. The van der Waals surface area contributed by atoms with Crippen LogP contribution in [-0.2, 0) is 0 Å². The van der Waals surface area contributed by atoms with E-state index in [1.165, 1.54) is 0 Å². The molecular weight excluding hydrogens is 302 g/mol. The molecule has 3 aromatic rings. The first-order valence-corrected chi connectivity index (χ1v) is 7.56. The molecule has 0 atom stereocenters. The third-order valence-electron chi connectivity index (χ3n) is 3.39. The second-order valence-corrected chi connectivity index (χ2v) is 5.46. The zero-order valence-corrected chi connectivity index (χ0v) is 13.5. The number of benzene rings is 2. The first-order valence-electron chi connectivity index (χ1n) is 7.56. The number of hydrogen-bond acceptors (Lipinski definition) is 4. The van der Waals surface area contributed by atoms with Gasteiger partial charge in [-0.2, -0.15) is 5.10 Å². The number of nitrogens with zero attached hydrogens (tertiary/aromatic N) is 2. The van der Waals surface area contributed by atoms with Crippen LogP contribution in [0.3, 0.4) is 0 Å². The van der Waals surface area contributed by atoms with Gasteiger partial charge in [-0.3, -0.25) is 4.79 Å². The largest absolute Gasteiger partial charge is 0.438 e. The van der Waals surface area contributed by atoms with Crippen LogP contribution in [-0.4, -0.2) is 16.1 Å². The third kappa shape index (κ3) is 3.95. The van der Waals surface area contributed by atoms with Crippen LogP contribution in [0.25, 0.3) is 0 Å². The monoisotopic (exact) mass is 319 g/mol. The van der Waals surface area contributed by atoms with E-state index in [9.17, 15) is 4.79 Å². The van der Waals surface area contributed by atoms with Gasteiger partial charge in [0.1, 0.15) is 5.75 Å². The van der Waals surface area contributed by atoms with Gasteiger partial charge in [-0.05, 0) is 56.3 Å². The Morgan fingerprint density at radius 1 is 0.958 bits per heavy atom. The Hall–Kier alpha value is -3.21. The number of anilines is 1. The molecule has 0 fully saturated rings. The highest BCUT2D eigenvalue weighted by Gasteiger charge is 2.06. The number of hydrogen-bond donors (Lipinski definition) is 1. The number of rotatable bonds is 4. The lowest BCUT2D eigenvalue weighted by molar-refractivity contribution is 0.102. The van der Waals surface area contributed by atoms with Gasteiger partial charge in [0.2, 0.25) is 5.88 Å². The summed E-state index contributed by atoms with van der Waals surface area (Å²) in [6.45, 7) is 3.82. The Morgan fingerprint density at radius 2 is 1.75 bits per heavy atom. The Balaban J connectivity index is 1.66. The third-order valence-corrected chi connectivity index (χ3v) is 3.39. The molecule has 0 unspecified atom stereocenters. The predicted octanol–water partition coefficient (Wildman–Crippen LogP) is 4.14. The van der Waals surface area contributed by atoms with E-state index in [0.717, 1.165) is 11.3 Å². The SMILES string of the molecule is Cc1cccc(C(=O)Nc2ccc(Oc3ccc(C)nn3)cc2)c1. The normalized spacial score (nSPS) is 10.2. The Bertz CT molecular complexity index is 843. The minimum atomic E-state index is -0.142. The van der Waals surface area contributed by atoms with Gasteiger partial charge in [-0.1, -0.05) is 17.7 Å². The minimum Gasteiger partial charge on any atom is -0.438 e. The molecule has 5 nitrogen and oxygen atoms in total. The van der Waals surface area contributed by atoms with Crippen LogP contribution >= 0.6 is 0 Å². The van der Waals surface area contributed by atoms with Crippen molar-refractivity contribution in [2.45, 2.75) is 13.8 Å². The summed E-state index contributed by atoms with van der Waals surface area (Å²) in [6, 6.07) is 18.2. The second kappa shape index (κ2) is 6.91. The van der Waals surface area contributed by atoms with Gasteiger partial charge >= 0.3 is 0 Å². The summed E-state index contributed by atoms with van der Waals surface area (Å²) in [5.74, 6) is 0.913. The van der Waals surface area contributed by atoms with Gasteiger partial charge in [0.15, 0.2) is 0 Å². The maximum atomic E-state index is 12.2. The standard InChI is InChI=1S/C19H17N3O2/c1-13-4-3-5-15(12-13)19(23)20-16-7-9-17(10-8-16)24-18-11-6-14(2)21-22-18/h3-12H,1-2H3,(H,20,23). The average molecular weight is 319 g/mol. The highest BCUT2D eigenvalue weighted by atomic mass is 16.5. The number of aromatic nitrogens is 2. The van der Waals surface area contributed by atoms with E-state index in [0.29, 0.717) is 22.9 Å². The summed E-state index contributed by atoms with van der Waals surface area (Å²) in [4.78, 5) is 12.2. The molecular formula is C19H17N3O2. The van der Waals surface area contributed by atoms with E-state index >= 15 is 0 Å². The van der Waals surface area contributed by atoms with Crippen molar-refractivity contribution in [1.82, 2.24) is 10.2 Å². The topological polar surface area (TPSA) is 64.1 Å².